The summed E-state index contributed by atoms with van der Waals surface area (Å²) in [7, 11) is 0. The van der Waals surface area contributed by atoms with Crippen molar-refractivity contribution in [3.63, 3.8) is 0 Å². The zero-order valence-corrected chi connectivity index (χ0v) is 14.2. The lowest BCUT2D eigenvalue weighted by Crippen LogP contribution is -2.45. The van der Waals surface area contributed by atoms with E-state index in [9.17, 15) is 9.59 Å². The zero-order valence-electron chi connectivity index (χ0n) is 13.4. The molecule has 1 aromatic rings. The van der Waals surface area contributed by atoms with Crippen LogP contribution in [0.4, 0.5) is 5.69 Å². The van der Waals surface area contributed by atoms with Gasteiger partial charge < -0.3 is 14.4 Å². The van der Waals surface area contributed by atoms with E-state index in [0.717, 1.165) is 6.08 Å². The van der Waals surface area contributed by atoms with Crippen LogP contribution >= 0.6 is 11.6 Å². The van der Waals surface area contributed by atoms with Gasteiger partial charge in [-0.2, -0.15) is 0 Å². The first kappa shape index (κ1) is 17.3. The van der Waals surface area contributed by atoms with Crippen LogP contribution in [0.3, 0.4) is 0 Å². The predicted molar refractivity (Wildman–Crippen MR) is 88.8 cm³/mol. The standard InChI is InChI=1S/C17H20ClNO4/c1-4-22-17(21)8-7-16(20)19-10-15(11(2)3)23-14-9-12(18)5-6-13(14)19/h5-9,11,15H,4,10H2,1-3H3/b8-7+. The molecule has 0 saturated carbocycles. The minimum Gasteiger partial charge on any atom is -0.486 e. The van der Waals surface area contributed by atoms with Crippen molar-refractivity contribution in [3.05, 3.63) is 35.4 Å². The molecule has 1 atom stereocenters. The molecule has 0 aliphatic carbocycles. The number of hydrogen-bond donors (Lipinski definition) is 0. The molecule has 0 spiro atoms. The Morgan fingerprint density at radius 3 is 2.83 bits per heavy atom. The van der Waals surface area contributed by atoms with Crippen molar-refractivity contribution in [1.29, 1.82) is 0 Å². The van der Waals surface area contributed by atoms with Gasteiger partial charge in [-0.25, -0.2) is 4.79 Å². The molecule has 2 rings (SSSR count). The highest BCUT2D eigenvalue weighted by molar-refractivity contribution is 6.30. The normalized spacial score (nSPS) is 17.1. The summed E-state index contributed by atoms with van der Waals surface area (Å²) in [6, 6.07) is 5.14. The first-order valence-electron chi connectivity index (χ1n) is 7.55. The second kappa shape index (κ2) is 7.51. The summed E-state index contributed by atoms with van der Waals surface area (Å²) >= 11 is 6.01. The number of amides is 1. The van der Waals surface area contributed by atoms with Gasteiger partial charge in [0.25, 0.3) is 5.91 Å². The lowest BCUT2D eigenvalue weighted by atomic mass is 10.0. The van der Waals surface area contributed by atoms with Crippen LogP contribution in [-0.2, 0) is 14.3 Å². The van der Waals surface area contributed by atoms with Crippen LogP contribution in [-0.4, -0.2) is 31.1 Å². The van der Waals surface area contributed by atoms with Crippen molar-refractivity contribution >= 4 is 29.2 Å². The van der Waals surface area contributed by atoms with Crippen molar-refractivity contribution in [1.82, 2.24) is 0 Å². The molecule has 23 heavy (non-hydrogen) atoms. The van der Waals surface area contributed by atoms with E-state index in [2.05, 4.69) is 0 Å². The van der Waals surface area contributed by atoms with Crippen molar-refractivity contribution in [2.75, 3.05) is 18.1 Å². The zero-order chi connectivity index (χ0) is 17.0. The largest absolute Gasteiger partial charge is 0.486 e. The monoisotopic (exact) mass is 337 g/mol. The number of ether oxygens (including phenoxy) is 2. The summed E-state index contributed by atoms with van der Waals surface area (Å²) in [6.45, 7) is 6.45. The lowest BCUT2D eigenvalue weighted by Gasteiger charge is -2.36. The number of rotatable bonds is 4. The molecular formula is C17H20ClNO4. The molecular weight excluding hydrogens is 318 g/mol. The Balaban J connectivity index is 2.26. The highest BCUT2D eigenvalue weighted by Gasteiger charge is 2.30. The van der Waals surface area contributed by atoms with Crippen molar-refractivity contribution in [2.24, 2.45) is 5.92 Å². The molecule has 0 aromatic heterocycles. The third-order valence-corrected chi connectivity index (χ3v) is 3.75. The molecule has 0 saturated heterocycles. The Kier molecular flexibility index (Phi) is 5.66. The van der Waals surface area contributed by atoms with Gasteiger partial charge in [0.2, 0.25) is 0 Å². The second-order valence-corrected chi connectivity index (χ2v) is 5.98. The van der Waals surface area contributed by atoms with Gasteiger partial charge in [0.15, 0.2) is 0 Å². The molecule has 0 radical (unpaired) electrons. The van der Waals surface area contributed by atoms with Gasteiger partial charge in [0, 0.05) is 23.2 Å². The topological polar surface area (TPSA) is 55.8 Å². The van der Waals surface area contributed by atoms with Crippen molar-refractivity contribution in [3.8, 4) is 5.75 Å². The number of carbonyl (C=O) groups excluding carboxylic acids is 2. The van der Waals surface area contributed by atoms with Gasteiger partial charge in [0.05, 0.1) is 18.8 Å². The maximum atomic E-state index is 12.5. The molecule has 0 N–H and O–H groups in total. The van der Waals surface area contributed by atoms with E-state index in [1.807, 2.05) is 13.8 Å². The first-order valence-corrected chi connectivity index (χ1v) is 7.92. The fraction of sp³-hybridized carbons (Fsp3) is 0.412. The average molecular weight is 338 g/mol. The minimum atomic E-state index is -0.536. The lowest BCUT2D eigenvalue weighted by molar-refractivity contribution is -0.137. The SMILES string of the molecule is CCOC(=O)/C=C/C(=O)N1CC(C(C)C)Oc2cc(Cl)ccc21. The average Bonchev–Trinajstić information content (AvgIpc) is 2.51. The highest BCUT2D eigenvalue weighted by atomic mass is 35.5. The Labute approximate surface area is 140 Å². The van der Waals surface area contributed by atoms with Crippen LogP contribution < -0.4 is 9.64 Å². The van der Waals surface area contributed by atoms with Crippen LogP contribution in [0.2, 0.25) is 5.02 Å². The van der Waals surface area contributed by atoms with E-state index in [-0.39, 0.29) is 24.5 Å². The number of esters is 1. The van der Waals surface area contributed by atoms with E-state index in [0.29, 0.717) is 23.0 Å². The van der Waals surface area contributed by atoms with Crippen LogP contribution in [0, 0.1) is 5.92 Å². The van der Waals surface area contributed by atoms with Gasteiger partial charge in [-0.15, -0.1) is 0 Å². The highest BCUT2D eigenvalue weighted by Crippen LogP contribution is 2.37. The van der Waals surface area contributed by atoms with E-state index in [4.69, 9.17) is 21.1 Å². The fourth-order valence-corrected chi connectivity index (χ4v) is 2.42. The predicted octanol–water partition coefficient (Wildman–Crippen LogP) is 3.21. The molecule has 0 bridgehead atoms. The molecule has 124 valence electrons. The molecule has 1 aliphatic heterocycles. The Morgan fingerprint density at radius 1 is 1.43 bits per heavy atom. The summed E-state index contributed by atoms with van der Waals surface area (Å²) in [4.78, 5) is 25.4. The summed E-state index contributed by atoms with van der Waals surface area (Å²) in [5.74, 6) is -0.0340. The number of halogens is 1. The van der Waals surface area contributed by atoms with Crippen molar-refractivity contribution < 1.29 is 19.1 Å². The van der Waals surface area contributed by atoms with Crippen LogP contribution in [0.15, 0.2) is 30.4 Å². The van der Waals surface area contributed by atoms with Gasteiger partial charge in [0.1, 0.15) is 11.9 Å². The summed E-state index contributed by atoms with van der Waals surface area (Å²) in [6.07, 6.45) is 2.22. The number of carbonyl (C=O) groups is 2. The molecule has 6 heteroatoms. The van der Waals surface area contributed by atoms with Crippen LogP contribution in [0.5, 0.6) is 5.75 Å². The maximum absolute atomic E-state index is 12.5. The van der Waals surface area contributed by atoms with Crippen LogP contribution in [0.1, 0.15) is 20.8 Å². The third-order valence-electron chi connectivity index (χ3n) is 3.51. The molecule has 1 aromatic carbocycles. The van der Waals surface area contributed by atoms with E-state index in [1.54, 1.807) is 30.0 Å². The summed E-state index contributed by atoms with van der Waals surface area (Å²) in [5, 5.41) is 0.544. The maximum Gasteiger partial charge on any atom is 0.330 e. The van der Waals surface area contributed by atoms with Gasteiger partial charge in [-0.3, -0.25) is 4.79 Å². The molecule has 1 heterocycles. The van der Waals surface area contributed by atoms with E-state index in [1.165, 1.54) is 6.08 Å². The minimum absolute atomic E-state index is 0.138. The summed E-state index contributed by atoms with van der Waals surface area (Å²) < 4.78 is 10.7. The van der Waals surface area contributed by atoms with Gasteiger partial charge in [-0.1, -0.05) is 25.4 Å². The number of fused-ring (bicyclic) bond motifs is 1. The van der Waals surface area contributed by atoms with Crippen LogP contribution in [0.25, 0.3) is 0 Å². The fourth-order valence-electron chi connectivity index (χ4n) is 2.26. The van der Waals surface area contributed by atoms with Gasteiger partial charge in [-0.05, 0) is 25.0 Å². The quantitative estimate of drug-likeness (QED) is 0.625. The number of hydrogen-bond acceptors (Lipinski definition) is 4. The van der Waals surface area contributed by atoms with E-state index >= 15 is 0 Å². The number of benzene rings is 1. The Bertz CT molecular complexity index is 627. The Morgan fingerprint density at radius 2 is 2.17 bits per heavy atom. The molecule has 5 nitrogen and oxygen atoms in total. The molecule has 1 amide bonds. The van der Waals surface area contributed by atoms with E-state index < -0.39 is 5.97 Å². The summed E-state index contributed by atoms with van der Waals surface area (Å²) in [5.41, 5.74) is 0.643. The number of anilines is 1. The first-order chi connectivity index (χ1) is 10.9. The molecule has 1 unspecified atom stereocenters. The molecule has 1 aliphatic rings. The number of nitrogens with zero attached hydrogens (tertiary/aromatic N) is 1. The van der Waals surface area contributed by atoms with Crippen molar-refractivity contribution in [2.45, 2.75) is 26.9 Å². The van der Waals surface area contributed by atoms with Gasteiger partial charge >= 0.3 is 5.97 Å². The smallest absolute Gasteiger partial charge is 0.330 e. The second-order valence-electron chi connectivity index (χ2n) is 5.55. The third kappa shape index (κ3) is 4.26. The molecule has 0 fully saturated rings. The Hall–Kier alpha value is -2.01.